The van der Waals surface area contributed by atoms with E-state index in [9.17, 15) is 0 Å². The van der Waals surface area contributed by atoms with Gasteiger partial charge in [-0.1, -0.05) is 60.5 Å². The molecule has 2 aromatic rings. The number of unbranched alkanes of at least 4 members (excludes halogenated alkanes) is 2. The highest BCUT2D eigenvalue weighted by atomic mass is 79.9. The molecule has 2 rings (SSSR count). The zero-order valence-electron chi connectivity index (χ0n) is 10.8. The average Bonchev–Trinajstić information content (AvgIpc) is 2.68. The number of benzene rings is 1. The molecule has 0 saturated carbocycles. The van der Waals surface area contributed by atoms with Gasteiger partial charge >= 0.3 is 0 Å². The SMILES string of the molecule is C=C(Br)Cc1c(CCCCC)oc2ccccc12. The van der Waals surface area contributed by atoms with E-state index in [0.29, 0.717) is 0 Å². The van der Waals surface area contributed by atoms with E-state index in [1.807, 2.05) is 12.1 Å². The quantitative estimate of drug-likeness (QED) is 0.632. The smallest absolute Gasteiger partial charge is 0.134 e. The van der Waals surface area contributed by atoms with Crippen molar-refractivity contribution < 1.29 is 4.42 Å². The Balaban J connectivity index is 2.33. The van der Waals surface area contributed by atoms with Crippen LogP contribution in [0, 0.1) is 0 Å². The molecule has 18 heavy (non-hydrogen) atoms. The van der Waals surface area contributed by atoms with E-state index in [1.54, 1.807) is 0 Å². The van der Waals surface area contributed by atoms with Crippen LogP contribution in [0.1, 0.15) is 37.5 Å². The van der Waals surface area contributed by atoms with Gasteiger partial charge in [0, 0.05) is 23.8 Å². The Morgan fingerprint density at radius 3 is 2.78 bits per heavy atom. The summed E-state index contributed by atoms with van der Waals surface area (Å²) in [5.41, 5.74) is 2.29. The van der Waals surface area contributed by atoms with Crippen molar-refractivity contribution in [1.29, 1.82) is 0 Å². The van der Waals surface area contributed by atoms with Gasteiger partial charge in [-0.3, -0.25) is 0 Å². The fourth-order valence-electron chi connectivity index (χ4n) is 2.27. The van der Waals surface area contributed by atoms with Crippen molar-refractivity contribution >= 4 is 26.9 Å². The highest BCUT2D eigenvalue weighted by Gasteiger charge is 2.13. The second-order valence-electron chi connectivity index (χ2n) is 4.65. The molecule has 0 spiro atoms. The maximum atomic E-state index is 5.98. The second kappa shape index (κ2) is 6.24. The molecule has 0 N–H and O–H groups in total. The summed E-state index contributed by atoms with van der Waals surface area (Å²) in [7, 11) is 0. The van der Waals surface area contributed by atoms with Crippen molar-refractivity contribution in [3.63, 3.8) is 0 Å². The van der Waals surface area contributed by atoms with Gasteiger partial charge in [-0.15, -0.1) is 0 Å². The average molecular weight is 307 g/mol. The van der Waals surface area contributed by atoms with Gasteiger partial charge in [0.25, 0.3) is 0 Å². The van der Waals surface area contributed by atoms with Crippen molar-refractivity contribution in [3.05, 3.63) is 46.7 Å². The summed E-state index contributed by atoms with van der Waals surface area (Å²) in [5, 5.41) is 1.23. The maximum Gasteiger partial charge on any atom is 0.134 e. The summed E-state index contributed by atoms with van der Waals surface area (Å²) < 4.78 is 6.99. The Morgan fingerprint density at radius 2 is 2.06 bits per heavy atom. The molecule has 0 amide bonds. The summed E-state index contributed by atoms with van der Waals surface area (Å²) in [6.07, 6.45) is 5.56. The summed E-state index contributed by atoms with van der Waals surface area (Å²) in [6.45, 7) is 6.17. The van der Waals surface area contributed by atoms with E-state index in [1.165, 1.54) is 30.2 Å². The van der Waals surface area contributed by atoms with Gasteiger partial charge in [0.05, 0.1) is 0 Å². The number of allylic oxidation sites excluding steroid dienone is 1. The minimum absolute atomic E-state index is 0.846. The molecule has 0 aliphatic heterocycles. The molecule has 0 bridgehead atoms. The highest BCUT2D eigenvalue weighted by molar-refractivity contribution is 9.11. The third-order valence-electron chi connectivity index (χ3n) is 3.16. The van der Waals surface area contributed by atoms with E-state index in [4.69, 9.17) is 4.42 Å². The van der Waals surface area contributed by atoms with Gasteiger partial charge in [0.2, 0.25) is 0 Å². The van der Waals surface area contributed by atoms with E-state index in [-0.39, 0.29) is 0 Å². The summed E-state index contributed by atoms with van der Waals surface area (Å²) >= 11 is 3.46. The van der Waals surface area contributed by atoms with Crippen LogP contribution in [0.5, 0.6) is 0 Å². The molecule has 1 aromatic carbocycles. The number of halogens is 1. The first-order valence-corrected chi connectivity index (χ1v) is 7.34. The fourth-order valence-corrected chi connectivity index (χ4v) is 2.55. The number of aryl methyl sites for hydroxylation is 1. The van der Waals surface area contributed by atoms with Crippen LogP contribution in [0.25, 0.3) is 11.0 Å². The Morgan fingerprint density at radius 1 is 1.28 bits per heavy atom. The van der Waals surface area contributed by atoms with Crippen molar-refractivity contribution in [1.82, 2.24) is 0 Å². The number of para-hydroxylation sites is 1. The third kappa shape index (κ3) is 3.05. The lowest BCUT2D eigenvalue weighted by Gasteiger charge is -2.02. The van der Waals surface area contributed by atoms with Crippen LogP contribution in [0.3, 0.4) is 0 Å². The highest BCUT2D eigenvalue weighted by Crippen LogP contribution is 2.29. The summed E-state index contributed by atoms with van der Waals surface area (Å²) in [4.78, 5) is 0. The fraction of sp³-hybridized carbons (Fsp3) is 0.375. The molecule has 0 fully saturated rings. The summed E-state index contributed by atoms with van der Waals surface area (Å²) in [6, 6.07) is 8.26. The lowest BCUT2D eigenvalue weighted by atomic mass is 10.0. The first kappa shape index (κ1) is 13.4. The van der Waals surface area contributed by atoms with Crippen LogP contribution < -0.4 is 0 Å². The Kier molecular flexibility index (Phi) is 4.65. The Labute approximate surface area is 117 Å². The normalized spacial score (nSPS) is 11.0. The first-order chi connectivity index (χ1) is 8.72. The van der Waals surface area contributed by atoms with Crippen LogP contribution in [0.15, 0.2) is 39.7 Å². The summed E-state index contributed by atoms with van der Waals surface area (Å²) in [5.74, 6) is 1.13. The molecule has 1 nitrogen and oxygen atoms in total. The molecular formula is C16H19BrO. The minimum atomic E-state index is 0.846. The van der Waals surface area contributed by atoms with Gasteiger partial charge in [-0.05, 0) is 17.0 Å². The number of rotatable bonds is 6. The zero-order chi connectivity index (χ0) is 13.0. The first-order valence-electron chi connectivity index (χ1n) is 6.55. The Bertz CT molecular complexity index is 539. The third-order valence-corrected chi connectivity index (χ3v) is 3.44. The molecule has 0 unspecified atom stereocenters. The van der Waals surface area contributed by atoms with Gasteiger partial charge < -0.3 is 4.42 Å². The van der Waals surface area contributed by atoms with E-state index < -0.39 is 0 Å². The maximum absolute atomic E-state index is 5.98. The van der Waals surface area contributed by atoms with Crippen molar-refractivity contribution in [2.75, 3.05) is 0 Å². The molecule has 0 saturated heterocycles. The molecule has 2 heteroatoms. The molecule has 0 atom stereocenters. The number of hydrogen-bond acceptors (Lipinski definition) is 1. The van der Waals surface area contributed by atoms with Crippen LogP contribution in [-0.2, 0) is 12.8 Å². The van der Waals surface area contributed by atoms with Gasteiger partial charge in [0.15, 0.2) is 0 Å². The zero-order valence-corrected chi connectivity index (χ0v) is 12.4. The largest absolute Gasteiger partial charge is 0.461 e. The van der Waals surface area contributed by atoms with Crippen LogP contribution >= 0.6 is 15.9 Å². The van der Waals surface area contributed by atoms with Crippen molar-refractivity contribution in [3.8, 4) is 0 Å². The van der Waals surface area contributed by atoms with E-state index in [2.05, 4.69) is 41.6 Å². The standard InChI is InChI=1S/C16H19BrO/c1-3-4-5-9-16-14(11-12(2)17)13-8-6-7-10-15(13)18-16/h6-8,10H,2-5,9,11H2,1H3. The molecular weight excluding hydrogens is 288 g/mol. The van der Waals surface area contributed by atoms with Gasteiger partial charge in [0.1, 0.15) is 11.3 Å². The monoisotopic (exact) mass is 306 g/mol. The topological polar surface area (TPSA) is 13.1 Å². The number of fused-ring (bicyclic) bond motifs is 1. The minimum Gasteiger partial charge on any atom is -0.461 e. The molecule has 1 heterocycles. The van der Waals surface area contributed by atoms with E-state index >= 15 is 0 Å². The van der Waals surface area contributed by atoms with Crippen LogP contribution in [0.4, 0.5) is 0 Å². The van der Waals surface area contributed by atoms with Crippen LogP contribution in [0.2, 0.25) is 0 Å². The second-order valence-corrected chi connectivity index (χ2v) is 5.77. The van der Waals surface area contributed by atoms with E-state index in [0.717, 1.165) is 28.7 Å². The molecule has 1 aromatic heterocycles. The molecule has 0 aliphatic carbocycles. The van der Waals surface area contributed by atoms with Gasteiger partial charge in [-0.2, -0.15) is 0 Å². The molecule has 0 radical (unpaired) electrons. The van der Waals surface area contributed by atoms with Gasteiger partial charge in [-0.25, -0.2) is 0 Å². The lowest BCUT2D eigenvalue weighted by Crippen LogP contribution is -1.91. The lowest BCUT2D eigenvalue weighted by molar-refractivity contribution is 0.526. The number of furan rings is 1. The Hall–Kier alpha value is -1.02. The number of hydrogen-bond donors (Lipinski definition) is 0. The molecule has 96 valence electrons. The predicted molar refractivity (Wildman–Crippen MR) is 81.2 cm³/mol. The predicted octanol–water partition coefficient (Wildman–Crippen LogP) is 5.62. The molecule has 0 aliphatic rings. The van der Waals surface area contributed by atoms with Crippen LogP contribution in [-0.4, -0.2) is 0 Å². The van der Waals surface area contributed by atoms with Crippen molar-refractivity contribution in [2.24, 2.45) is 0 Å². The van der Waals surface area contributed by atoms with Crippen molar-refractivity contribution in [2.45, 2.75) is 39.0 Å².